The SMILES string of the molecule is c1ccc(-c2scc(N(c3ccccc3)c3cccc(N(c4ccccc4)c4csc(-c5ccccc5)c4-c4ccccc4)c3)c2-c2ccccc2)cc1. The number of hydrogen-bond acceptors (Lipinski definition) is 4. The van der Waals surface area contributed by atoms with E-state index in [2.05, 4.69) is 227 Å². The van der Waals surface area contributed by atoms with Crippen LogP contribution in [0.2, 0.25) is 0 Å². The average molecular weight is 729 g/mol. The molecule has 0 N–H and O–H groups in total. The summed E-state index contributed by atoms with van der Waals surface area (Å²) in [5.41, 5.74) is 13.9. The molecule has 0 unspecified atom stereocenters. The highest BCUT2D eigenvalue weighted by Gasteiger charge is 2.26. The van der Waals surface area contributed by atoms with Crippen molar-refractivity contribution in [3.63, 3.8) is 0 Å². The monoisotopic (exact) mass is 728 g/mol. The molecule has 0 aliphatic carbocycles. The zero-order valence-electron chi connectivity index (χ0n) is 29.5. The van der Waals surface area contributed by atoms with Gasteiger partial charge in [-0.2, -0.15) is 0 Å². The second-order valence-corrected chi connectivity index (χ2v) is 14.7. The number of anilines is 6. The molecular weight excluding hydrogens is 693 g/mol. The fraction of sp³-hybridized carbons (Fsp3) is 0. The maximum Gasteiger partial charge on any atom is 0.0653 e. The van der Waals surface area contributed by atoms with E-state index >= 15 is 0 Å². The highest BCUT2D eigenvalue weighted by molar-refractivity contribution is 7.15. The molecule has 0 fully saturated rings. The molecule has 0 saturated carbocycles. The third-order valence-corrected chi connectivity index (χ3v) is 11.6. The van der Waals surface area contributed by atoms with E-state index in [9.17, 15) is 0 Å². The van der Waals surface area contributed by atoms with Crippen molar-refractivity contribution in [1.82, 2.24) is 0 Å². The predicted molar refractivity (Wildman–Crippen MR) is 233 cm³/mol. The van der Waals surface area contributed by atoms with Gasteiger partial charge in [-0.1, -0.05) is 164 Å². The maximum absolute atomic E-state index is 2.42. The van der Waals surface area contributed by atoms with Gasteiger partial charge in [0.05, 0.1) is 11.4 Å². The van der Waals surface area contributed by atoms with E-state index in [-0.39, 0.29) is 0 Å². The molecule has 0 spiro atoms. The van der Waals surface area contributed by atoms with Crippen LogP contribution in [0.5, 0.6) is 0 Å². The van der Waals surface area contributed by atoms with Gasteiger partial charge in [-0.25, -0.2) is 0 Å². The second kappa shape index (κ2) is 15.3. The van der Waals surface area contributed by atoms with Crippen molar-refractivity contribution in [2.24, 2.45) is 0 Å². The lowest BCUT2D eigenvalue weighted by Gasteiger charge is -2.30. The zero-order chi connectivity index (χ0) is 36.1. The molecule has 7 aromatic carbocycles. The van der Waals surface area contributed by atoms with E-state index in [0.29, 0.717) is 0 Å². The third-order valence-electron chi connectivity index (χ3n) is 9.60. The maximum atomic E-state index is 2.42. The molecule has 258 valence electrons. The van der Waals surface area contributed by atoms with Crippen LogP contribution >= 0.6 is 22.7 Å². The summed E-state index contributed by atoms with van der Waals surface area (Å²) >= 11 is 3.59. The first-order chi connectivity index (χ1) is 26.8. The summed E-state index contributed by atoms with van der Waals surface area (Å²) in [5, 5.41) is 4.63. The van der Waals surface area contributed by atoms with E-state index in [1.807, 2.05) is 0 Å². The first-order valence-electron chi connectivity index (χ1n) is 18.1. The van der Waals surface area contributed by atoms with Crippen LogP contribution in [-0.4, -0.2) is 0 Å². The fourth-order valence-electron chi connectivity index (χ4n) is 7.18. The number of hydrogen-bond donors (Lipinski definition) is 0. The normalized spacial score (nSPS) is 11.0. The van der Waals surface area contributed by atoms with Crippen LogP contribution in [0.4, 0.5) is 34.1 Å². The van der Waals surface area contributed by atoms with Crippen LogP contribution in [0, 0.1) is 0 Å². The summed E-state index contributed by atoms with van der Waals surface area (Å²) in [6, 6.07) is 73.6. The molecule has 2 heterocycles. The minimum absolute atomic E-state index is 1.08. The van der Waals surface area contributed by atoms with Crippen molar-refractivity contribution in [2.45, 2.75) is 0 Å². The largest absolute Gasteiger partial charge is 0.309 e. The van der Waals surface area contributed by atoms with Gasteiger partial charge < -0.3 is 9.80 Å². The molecule has 4 heteroatoms. The summed E-state index contributed by atoms with van der Waals surface area (Å²) in [7, 11) is 0. The Bertz CT molecular complexity index is 2400. The average Bonchev–Trinajstić information content (AvgIpc) is 3.89. The van der Waals surface area contributed by atoms with Crippen LogP contribution in [0.25, 0.3) is 43.1 Å². The van der Waals surface area contributed by atoms with E-state index < -0.39 is 0 Å². The molecule has 0 radical (unpaired) electrons. The number of rotatable bonds is 10. The van der Waals surface area contributed by atoms with Gasteiger partial charge in [-0.15, -0.1) is 22.7 Å². The molecule has 0 saturated heterocycles. The molecule has 54 heavy (non-hydrogen) atoms. The van der Waals surface area contributed by atoms with E-state index in [1.54, 1.807) is 22.7 Å². The number of para-hydroxylation sites is 2. The van der Waals surface area contributed by atoms with Gasteiger partial charge in [0.1, 0.15) is 0 Å². The highest BCUT2D eigenvalue weighted by atomic mass is 32.1. The van der Waals surface area contributed by atoms with Crippen molar-refractivity contribution in [3.8, 4) is 43.1 Å². The number of nitrogens with zero attached hydrogens (tertiary/aromatic N) is 2. The Hall–Kier alpha value is -6.46. The van der Waals surface area contributed by atoms with E-state index in [1.165, 1.54) is 43.1 Å². The summed E-state index contributed by atoms with van der Waals surface area (Å²) in [6.07, 6.45) is 0. The molecule has 0 amide bonds. The van der Waals surface area contributed by atoms with Gasteiger partial charge in [0.15, 0.2) is 0 Å². The lowest BCUT2D eigenvalue weighted by atomic mass is 9.99. The summed E-state index contributed by atoms with van der Waals surface area (Å²) in [5.74, 6) is 0. The topological polar surface area (TPSA) is 6.48 Å². The van der Waals surface area contributed by atoms with Crippen LogP contribution in [0.1, 0.15) is 0 Å². The highest BCUT2D eigenvalue weighted by Crippen LogP contribution is 2.52. The Labute approximate surface area is 325 Å². The van der Waals surface area contributed by atoms with Gasteiger partial charge in [-0.3, -0.25) is 0 Å². The molecule has 0 atom stereocenters. The first kappa shape index (κ1) is 33.4. The Morgan fingerprint density at radius 3 is 0.926 bits per heavy atom. The molecule has 0 bridgehead atoms. The standard InChI is InChI=1S/C50H36N2S2/c1-7-20-37(21-8-1)47-45(35-53-49(47)39-24-11-3-12-25-39)51(41-28-15-5-16-29-41)43-32-19-33-44(34-43)52(42-30-17-6-18-31-42)46-36-54-50(40-26-13-4-14-27-40)48(46)38-22-9-2-10-23-38/h1-36H. The molecule has 2 nitrogen and oxygen atoms in total. The Kier molecular flexibility index (Phi) is 9.43. The molecular formula is C50H36N2S2. The Morgan fingerprint density at radius 2 is 0.574 bits per heavy atom. The van der Waals surface area contributed by atoms with Crippen molar-refractivity contribution >= 4 is 56.8 Å². The van der Waals surface area contributed by atoms with Gasteiger partial charge in [-0.05, 0) is 64.7 Å². The van der Waals surface area contributed by atoms with Crippen molar-refractivity contribution in [1.29, 1.82) is 0 Å². The number of benzene rings is 7. The Balaban J connectivity index is 1.26. The lowest BCUT2D eigenvalue weighted by molar-refractivity contribution is 1.26. The van der Waals surface area contributed by atoms with Crippen LogP contribution in [0.15, 0.2) is 217 Å². The molecule has 2 aromatic heterocycles. The lowest BCUT2D eigenvalue weighted by Crippen LogP contribution is -2.13. The van der Waals surface area contributed by atoms with Crippen molar-refractivity contribution < 1.29 is 0 Å². The summed E-state index contributed by atoms with van der Waals surface area (Å²) in [6.45, 7) is 0. The molecule has 9 rings (SSSR count). The summed E-state index contributed by atoms with van der Waals surface area (Å²) < 4.78 is 0. The van der Waals surface area contributed by atoms with Gasteiger partial charge >= 0.3 is 0 Å². The minimum Gasteiger partial charge on any atom is -0.309 e. The van der Waals surface area contributed by atoms with E-state index in [0.717, 1.165) is 34.1 Å². The second-order valence-electron chi connectivity index (χ2n) is 13.0. The van der Waals surface area contributed by atoms with Crippen LogP contribution in [-0.2, 0) is 0 Å². The molecule has 0 aliphatic rings. The third kappa shape index (κ3) is 6.54. The molecule has 9 aromatic rings. The smallest absolute Gasteiger partial charge is 0.0653 e. The summed E-state index contributed by atoms with van der Waals surface area (Å²) in [4.78, 5) is 7.33. The number of thiophene rings is 2. The fourth-order valence-corrected chi connectivity index (χ4v) is 9.31. The van der Waals surface area contributed by atoms with Crippen molar-refractivity contribution in [2.75, 3.05) is 9.80 Å². The van der Waals surface area contributed by atoms with Crippen LogP contribution < -0.4 is 9.80 Å². The Morgan fingerprint density at radius 1 is 0.278 bits per heavy atom. The predicted octanol–water partition coefficient (Wildman–Crippen LogP) is 15.4. The molecule has 0 aliphatic heterocycles. The first-order valence-corrected chi connectivity index (χ1v) is 19.8. The minimum atomic E-state index is 1.08. The van der Waals surface area contributed by atoms with Gasteiger partial charge in [0.2, 0.25) is 0 Å². The van der Waals surface area contributed by atoms with Crippen molar-refractivity contribution in [3.05, 3.63) is 217 Å². The quantitative estimate of drug-likeness (QED) is 0.138. The van der Waals surface area contributed by atoms with Gasteiger partial charge in [0, 0.05) is 54.4 Å². The van der Waals surface area contributed by atoms with Gasteiger partial charge in [0.25, 0.3) is 0 Å². The van der Waals surface area contributed by atoms with Crippen LogP contribution in [0.3, 0.4) is 0 Å². The zero-order valence-corrected chi connectivity index (χ0v) is 31.1. The van der Waals surface area contributed by atoms with E-state index in [4.69, 9.17) is 0 Å².